The van der Waals surface area contributed by atoms with Gasteiger partial charge in [-0.15, -0.1) is 0 Å². The monoisotopic (exact) mass is 584 g/mol. The van der Waals surface area contributed by atoms with Crippen LogP contribution in [0.15, 0.2) is 131 Å². The summed E-state index contributed by atoms with van der Waals surface area (Å²) in [5, 5.41) is 6.74. The Kier molecular flexibility index (Phi) is 9.79. The lowest BCUT2D eigenvalue weighted by atomic mass is 9.85. The normalized spacial score (nSPS) is 12.8. The Morgan fingerprint density at radius 1 is 0.682 bits per heavy atom. The standard InChI is InChI=1S/C37H36N4O3/c1-38-31(35(29-19-11-5-12-20-29)30-21-13-6-14-22-30)25-39-34(42)26-41-33(24-28-17-9-4-10-18-28)36(43)40(2)32(37(41)44)23-27-15-7-3-8-16-27/h3-24,31,35,38H,25-26H2,1-2H3,(H,39,42). The molecule has 4 aromatic carbocycles. The number of carbonyl (C=O) groups is 1. The van der Waals surface area contributed by atoms with Gasteiger partial charge in [-0.3, -0.25) is 19.0 Å². The van der Waals surface area contributed by atoms with Crippen molar-refractivity contribution in [3.05, 3.63) is 175 Å². The van der Waals surface area contributed by atoms with Crippen molar-refractivity contribution >= 4 is 18.1 Å². The average Bonchev–Trinajstić information content (AvgIpc) is 3.07. The molecule has 0 fully saturated rings. The van der Waals surface area contributed by atoms with Crippen LogP contribution in [0.5, 0.6) is 0 Å². The minimum absolute atomic E-state index is 0.0245. The molecule has 1 atom stereocenters. The van der Waals surface area contributed by atoms with Gasteiger partial charge in [0, 0.05) is 25.6 Å². The third-order valence-corrected chi connectivity index (χ3v) is 7.76. The SMILES string of the molecule is CNC(CNC(=O)Cn1c(=O)c(=Cc2ccccc2)n(C)c(=O)c1=Cc1ccccc1)C(c1ccccc1)c1ccccc1. The van der Waals surface area contributed by atoms with Crippen LogP contribution in [0.25, 0.3) is 12.2 Å². The zero-order valence-electron chi connectivity index (χ0n) is 24.9. The quantitative estimate of drug-likeness (QED) is 0.265. The zero-order valence-corrected chi connectivity index (χ0v) is 24.9. The molecule has 222 valence electrons. The van der Waals surface area contributed by atoms with Crippen LogP contribution in [0, 0.1) is 0 Å². The van der Waals surface area contributed by atoms with Crippen molar-refractivity contribution in [3.8, 4) is 0 Å². The molecule has 44 heavy (non-hydrogen) atoms. The lowest BCUT2D eigenvalue weighted by molar-refractivity contribution is -0.121. The van der Waals surface area contributed by atoms with E-state index in [1.54, 1.807) is 19.2 Å². The van der Waals surface area contributed by atoms with E-state index in [9.17, 15) is 14.4 Å². The van der Waals surface area contributed by atoms with E-state index in [4.69, 9.17) is 0 Å². The van der Waals surface area contributed by atoms with E-state index in [0.29, 0.717) is 6.54 Å². The van der Waals surface area contributed by atoms with Crippen molar-refractivity contribution in [2.75, 3.05) is 13.6 Å². The third kappa shape index (κ3) is 7.02. The van der Waals surface area contributed by atoms with Crippen LogP contribution in [0.4, 0.5) is 0 Å². The number of rotatable bonds is 10. The van der Waals surface area contributed by atoms with Crippen LogP contribution in [-0.2, 0) is 18.4 Å². The summed E-state index contributed by atoms with van der Waals surface area (Å²) >= 11 is 0. The summed E-state index contributed by atoms with van der Waals surface area (Å²) in [4.78, 5) is 41.1. The van der Waals surface area contributed by atoms with Crippen molar-refractivity contribution in [2.24, 2.45) is 7.05 Å². The number of benzene rings is 4. The minimum atomic E-state index is -0.426. The molecule has 7 heteroatoms. The molecule has 1 amide bonds. The average molecular weight is 585 g/mol. The highest BCUT2D eigenvalue weighted by Crippen LogP contribution is 2.27. The Bertz CT molecular complexity index is 1900. The number of likely N-dealkylation sites (N-methyl/N-ethyl adjacent to an activating group) is 1. The lowest BCUT2D eigenvalue weighted by Crippen LogP contribution is -2.58. The summed E-state index contributed by atoms with van der Waals surface area (Å²) in [6.07, 6.45) is 3.33. The van der Waals surface area contributed by atoms with E-state index in [1.807, 2.05) is 104 Å². The summed E-state index contributed by atoms with van der Waals surface area (Å²) in [6.45, 7) is 0.00506. The number of hydrogen-bond donors (Lipinski definition) is 2. The fourth-order valence-corrected chi connectivity index (χ4v) is 5.44. The molecule has 0 aliphatic heterocycles. The maximum atomic E-state index is 13.9. The first-order chi connectivity index (χ1) is 21.5. The second-order valence-electron chi connectivity index (χ2n) is 10.6. The van der Waals surface area contributed by atoms with Crippen LogP contribution in [-0.4, -0.2) is 34.7 Å². The Hall–Kier alpha value is -5.27. The molecule has 0 spiro atoms. The molecule has 2 N–H and O–H groups in total. The lowest BCUT2D eigenvalue weighted by Gasteiger charge is -2.28. The molecular formula is C37H36N4O3. The fourth-order valence-electron chi connectivity index (χ4n) is 5.44. The first kappa shape index (κ1) is 30.2. The van der Waals surface area contributed by atoms with Crippen molar-refractivity contribution in [1.82, 2.24) is 19.8 Å². The Morgan fingerprint density at radius 2 is 1.14 bits per heavy atom. The van der Waals surface area contributed by atoms with Crippen molar-refractivity contribution in [3.63, 3.8) is 0 Å². The predicted molar refractivity (Wildman–Crippen MR) is 176 cm³/mol. The highest BCUT2D eigenvalue weighted by atomic mass is 16.2. The summed E-state index contributed by atoms with van der Waals surface area (Å²) in [6, 6.07) is 38.8. The fraction of sp³-hybridized carbons (Fsp3) is 0.162. The smallest absolute Gasteiger partial charge is 0.275 e. The van der Waals surface area contributed by atoms with Crippen LogP contribution in [0.1, 0.15) is 28.2 Å². The van der Waals surface area contributed by atoms with Gasteiger partial charge < -0.3 is 15.2 Å². The number of aromatic nitrogens is 2. The van der Waals surface area contributed by atoms with Gasteiger partial charge in [-0.1, -0.05) is 121 Å². The topological polar surface area (TPSA) is 85.1 Å². The van der Waals surface area contributed by atoms with Crippen molar-refractivity contribution in [1.29, 1.82) is 0 Å². The summed E-state index contributed by atoms with van der Waals surface area (Å²) in [5.74, 6) is -0.391. The molecule has 0 radical (unpaired) electrons. The first-order valence-electron chi connectivity index (χ1n) is 14.6. The molecule has 0 bridgehead atoms. The summed E-state index contributed by atoms with van der Waals surface area (Å²) in [5.41, 5.74) is 2.98. The maximum absolute atomic E-state index is 13.9. The van der Waals surface area contributed by atoms with E-state index < -0.39 is 5.56 Å². The van der Waals surface area contributed by atoms with E-state index >= 15 is 0 Å². The van der Waals surface area contributed by atoms with E-state index in [-0.39, 0.29) is 40.7 Å². The van der Waals surface area contributed by atoms with Gasteiger partial charge in [-0.25, -0.2) is 0 Å². The third-order valence-electron chi connectivity index (χ3n) is 7.76. The maximum Gasteiger partial charge on any atom is 0.275 e. The molecule has 1 unspecified atom stereocenters. The van der Waals surface area contributed by atoms with Gasteiger partial charge in [0.05, 0.1) is 0 Å². The molecule has 7 nitrogen and oxygen atoms in total. The van der Waals surface area contributed by atoms with Gasteiger partial charge in [0.15, 0.2) is 0 Å². The number of amides is 1. The molecular weight excluding hydrogens is 548 g/mol. The molecule has 0 saturated carbocycles. The van der Waals surface area contributed by atoms with Crippen LogP contribution < -0.4 is 32.5 Å². The van der Waals surface area contributed by atoms with Gasteiger partial charge in [-0.05, 0) is 41.5 Å². The van der Waals surface area contributed by atoms with Crippen molar-refractivity contribution < 1.29 is 4.79 Å². The molecule has 0 aliphatic rings. The molecule has 5 rings (SSSR count). The Morgan fingerprint density at radius 3 is 1.61 bits per heavy atom. The number of carbonyl (C=O) groups excluding carboxylic acids is 1. The van der Waals surface area contributed by atoms with Crippen molar-refractivity contribution in [2.45, 2.75) is 18.5 Å². The van der Waals surface area contributed by atoms with Gasteiger partial charge >= 0.3 is 0 Å². The van der Waals surface area contributed by atoms with Crippen LogP contribution in [0.2, 0.25) is 0 Å². The number of nitrogens with one attached hydrogen (secondary N) is 2. The van der Waals surface area contributed by atoms with E-state index in [2.05, 4.69) is 34.9 Å². The molecule has 0 saturated heterocycles. The highest BCUT2D eigenvalue weighted by Gasteiger charge is 2.24. The first-order valence-corrected chi connectivity index (χ1v) is 14.6. The Balaban J connectivity index is 1.51. The second-order valence-corrected chi connectivity index (χ2v) is 10.6. The van der Waals surface area contributed by atoms with E-state index in [0.717, 1.165) is 22.3 Å². The minimum Gasteiger partial charge on any atom is -0.353 e. The van der Waals surface area contributed by atoms with Gasteiger partial charge in [0.2, 0.25) is 5.91 Å². The second kappa shape index (κ2) is 14.3. The predicted octanol–water partition coefficient (Wildman–Crippen LogP) is 2.74. The number of nitrogens with zero attached hydrogens (tertiary/aromatic N) is 2. The molecule has 1 aromatic heterocycles. The van der Waals surface area contributed by atoms with Gasteiger partial charge in [0.25, 0.3) is 11.1 Å². The number of hydrogen-bond acceptors (Lipinski definition) is 4. The van der Waals surface area contributed by atoms with Crippen LogP contribution >= 0.6 is 0 Å². The largest absolute Gasteiger partial charge is 0.353 e. The summed E-state index contributed by atoms with van der Waals surface area (Å²) < 4.78 is 2.62. The summed E-state index contributed by atoms with van der Waals surface area (Å²) in [7, 11) is 3.45. The molecule has 0 aliphatic carbocycles. The Labute approximate surface area is 256 Å². The zero-order chi connectivity index (χ0) is 30.9. The highest BCUT2D eigenvalue weighted by molar-refractivity contribution is 5.75. The van der Waals surface area contributed by atoms with Gasteiger partial charge in [0.1, 0.15) is 17.2 Å². The molecule has 5 aromatic rings. The van der Waals surface area contributed by atoms with Crippen LogP contribution in [0.3, 0.4) is 0 Å². The van der Waals surface area contributed by atoms with E-state index in [1.165, 1.54) is 9.13 Å². The van der Waals surface area contributed by atoms with Gasteiger partial charge in [-0.2, -0.15) is 0 Å². The molecule has 1 heterocycles.